The van der Waals surface area contributed by atoms with E-state index in [1.54, 1.807) is 12.3 Å². The van der Waals surface area contributed by atoms with Crippen LogP contribution in [0.4, 0.5) is 11.6 Å². The van der Waals surface area contributed by atoms with Crippen molar-refractivity contribution in [1.82, 2.24) is 15.0 Å². The summed E-state index contributed by atoms with van der Waals surface area (Å²) in [6.07, 6.45) is 2.18. The molecule has 0 unspecified atom stereocenters. The van der Waals surface area contributed by atoms with Crippen LogP contribution >= 0.6 is 11.8 Å². The summed E-state index contributed by atoms with van der Waals surface area (Å²) in [5.74, 6) is 1.15. The third-order valence-corrected chi connectivity index (χ3v) is 5.32. The van der Waals surface area contributed by atoms with Crippen molar-refractivity contribution in [1.29, 1.82) is 0 Å². The predicted molar refractivity (Wildman–Crippen MR) is 112 cm³/mol. The summed E-state index contributed by atoms with van der Waals surface area (Å²) in [4.78, 5) is 21.2. The second-order valence-corrected chi connectivity index (χ2v) is 7.62. The molecule has 1 aliphatic rings. The second-order valence-electron chi connectivity index (χ2n) is 6.68. The van der Waals surface area contributed by atoms with Gasteiger partial charge >= 0.3 is 0 Å². The first kappa shape index (κ1) is 19.0. The van der Waals surface area contributed by atoms with Crippen LogP contribution in [0, 0.1) is 6.92 Å². The molecule has 0 radical (unpaired) electrons. The number of aryl methyl sites for hydroxylation is 1. The quantitative estimate of drug-likeness (QED) is 0.491. The number of anilines is 2. The van der Waals surface area contributed by atoms with Crippen LogP contribution in [-0.2, 0) is 4.79 Å². The molecular weight excluding hydrogens is 388 g/mol. The smallest absolute Gasteiger partial charge is 0.253 e. The van der Waals surface area contributed by atoms with Crippen LogP contribution in [0.15, 0.2) is 63.4 Å². The van der Waals surface area contributed by atoms with Gasteiger partial charge in [0.05, 0.1) is 17.7 Å². The fraction of sp³-hybridized carbons (Fsp3) is 0.200. The summed E-state index contributed by atoms with van der Waals surface area (Å²) in [7, 11) is 0. The molecule has 1 aliphatic heterocycles. The van der Waals surface area contributed by atoms with Gasteiger partial charge in [-0.1, -0.05) is 41.6 Å². The Hall–Kier alpha value is -3.33. The Bertz CT molecular complexity index is 1030. The van der Waals surface area contributed by atoms with Gasteiger partial charge in [-0.2, -0.15) is 5.10 Å². The summed E-state index contributed by atoms with van der Waals surface area (Å²) in [5.41, 5.74) is 14.4. The van der Waals surface area contributed by atoms with E-state index in [1.165, 1.54) is 28.4 Å². The Kier molecular flexibility index (Phi) is 5.22. The number of amides is 1. The molecule has 9 heteroatoms. The molecule has 0 aliphatic carbocycles. The lowest BCUT2D eigenvalue weighted by molar-refractivity contribution is -0.130. The molecule has 3 heterocycles. The molecule has 0 spiro atoms. The van der Waals surface area contributed by atoms with Gasteiger partial charge in [0.2, 0.25) is 0 Å². The molecule has 2 aromatic heterocycles. The minimum Gasteiger partial charge on any atom is -0.467 e. The highest BCUT2D eigenvalue weighted by molar-refractivity contribution is 7.99. The van der Waals surface area contributed by atoms with E-state index in [0.717, 1.165) is 11.3 Å². The van der Waals surface area contributed by atoms with Crippen molar-refractivity contribution in [3.63, 3.8) is 0 Å². The number of nitrogens with two attached hydrogens (primary N) is 2. The molecule has 3 aromatic rings. The molecule has 0 bridgehead atoms. The third-order valence-electron chi connectivity index (χ3n) is 4.49. The average molecular weight is 408 g/mol. The highest BCUT2D eigenvalue weighted by atomic mass is 32.2. The van der Waals surface area contributed by atoms with Crippen molar-refractivity contribution in [2.45, 2.75) is 24.5 Å². The third kappa shape index (κ3) is 4.24. The Morgan fingerprint density at radius 3 is 2.59 bits per heavy atom. The van der Waals surface area contributed by atoms with Gasteiger partial charge in [0.1, 0.15) is 23.4 Å². The first-order valence-electron chi connectivity index (χ1n) is 9.02. The van der Waals surface area contributed by atoms with Crippen LogP contribution in [0.3, 0.4) is 0 Å². The summed E-state index contributed by atoms with van der Waals surface area (Å²) < 4.78 is 5.56. The van der Waals surface area contributed by atoms with E-state index in [1.807, 2.05) is 37.3 Å². The number of hydrogen-bond acceptors (Lipinski definition) is 8. The number of carbonyl (C=O) groups excluding carboxylic acids is 1. The Labute approximate surface area is 172 Å². The first-order valence-corrected chi connectivity index (χ1v) is 10.0. The highest BCUT2D eigenvalue weighted by Crippen LogP contribution is 2.34. The molecule has 1 atom stereocenters. The summed E-state index contributed by atoms with van der Waals surface area (Å²) in [6.45, 7) is 2.03. The monoisotopic (exact) mass is 408 g/mol. The number of aromatic nitrogens is 2. The number of benzene rings is 1. The van der Waals surface area contributed by atoms with E-state index >= 15 is 0 Å². The number of hydrogen-bond donors (Lipinski definition) is 2. The van der Waals surface area contributed by atoms with Crippen molar-refractivity contribution >= 4 is 35.0 Å². The molecule has 8 nitrogen and oxygen atoms in total. The number of hydrazone groups is 1. The maximum absolute atomic E-state index is 13.0. The van der Waals surface area contributed by atoms with Gasteiger partial charge < -0.3 is 15.9 Å². The topological polar surface area (TPSA) is 124 Å². The average Bonchev–Trinajstić information content (AvgIpc) is 3.35. The molecule has 0 saturated heterocycles. The summed E-state index contributed by atoms with van der Waals surface area (Å²) in [6, 6.07) is 12.9. The van der Waals surface area contributed by atoms with Gasteiger partial charge in [0.15, 0.2) is 5.16 Å². The van der Waals surface area contributed by atoms with Gasteiger partial charge in [-0.3, -0.25) is 4.79 Å². The molecule has 1 amide bonds. The van der Waals surface area contributed by atoms with E-state index in [4.69, 9.17) is 15.9 Å². The molecule has 1 aromatic carbocycles. The zero-order chi connectivity index (χ0) is 20.4. The lowest BCUT2D eigenvalue weighted by Crippen LogP contribution is -2.28. The summed E-state index contributed by atoms with van der Waals surface area (Å²) >= 11 is 1.17. The molecule has 29 heavy (non-hydrogen) atoms. The Morgan fingerprint density at radius 2 is 1.93 bits per heavy atom. The van der Waals surface area contributed by atoms with Crippen LogP contribution < -0.4 is 11.5 Å². The zero-order valence-electron chi connectivity index (χ0n) is 15.8. The number of furan rings is 1. The number of thioether (sulfide) groups is 1. The fourth-order valence-corrected chi connectivity index (χ4v) is 3.81. The SMILES string of the molecule is Cc1ccc(C2=NN(C(=O)CSc3nc(N)cc(N)n3)[C@@H](c3ccco3)C2)cc1. The second kappa shape index (κ2) is 7.96. The van der Waals surface area contributed by atoms with Gasteiger partial charge in [0.25, 0.3) is 5.91 Å². The van der Waals surface area contributed by atoms with E-state index < -0.39 is 0 Å². The first-order chi connectivity index (χ1) is 14.0. The maximum atomic E-state index is 13.0. The predicted octanol–water partition coefficient (Wildman–Crippen LogP) is 3.01. The minimum absolute atomic E-state index is 0.102. The largest absolute Gasteiger partial charge is 0.467 e. The van der Waals surface area contributed by atoms with E-state index in [2.05, 4.69) is 15.1 Å². The van der Waals surface area contributed by atoms with Crippen LogP contribution in [0.2, 0.25) is 0 Å². The van der Waals surface area contributed by atoms with Crippen molar-refractivity contribution in [2.24, 2.45) is 5.10 Å². The lowest BCUT2D eigenvalue weighted by atomic mass is 10.0. The Balaban J connectivity index is 1.55. The number of nitrogen functional groups attached to an aromatic ring is 2. The molecule has 0 saturated carbocycles. The molecule has 4 N–H and O–H groups in total. The van der Waals surface area contributed by atoms with E-state index in [0.29, 0.717) is 17.3 Å². The molecule has 0 fully saturated rings. The molecular formula is C20H20N6O2S. The number of nitrogens with zero attached hydrogens (tertiary/aromatic N) is 4. The van der Waals surface area contributed by atoms with Crippen molar-refractivity contribution in [3.05, 3.63) is 65.6 Å². The van der Waals surface area contributed by atoms with Crippen molar-refractivity contribution in [3.8, 4) is 0 Å². The normalized spacial score (nSPS) is 16.1. The highest BCUT2D eigenvalue weighted by Gasteiger charge is 2.34. The van der Waals surface area contributed by atoms with Crippen LogP contribution in [0.1, 0.15) is 29.3 Å². The fourth-order valence-electron chi connectivity index (χ4n) is 3.08. The van der Waals surface area contributed by atoms with Crippen LogP contribution in [0.5, 0.6) is 0 Å². The molecule has 148 valence electrons. The van der Waals surface area contributed by atoms with Crippen LogP contribution in [0.25, 0.3) is 0 Å². The standard InChI is InChI=1S/C20H20N6O2S/c1-12-4-6-13(7-5-12)14-9-15(16-3-2-8-28-16)26(25-14)19(27)11-29-20-23-17(21)10-18(22)24-20/h2-8,10,15H,9,11H2,1H3,(H4,21,22,23,24)/t15-/m1/s1. The number of rotatable bonds is 5. The van der Waals surface area contributed by atoms with Crippen molar-refractivity contribution < 1.29 is 9.21 Å². The van der Waals surface area contributed by atoms with E-state index in [9.17, 15) is 4.79 Å². The zero-order valence-corrected chi connectivity index (χ0v) is 16.6. The van der Waals surface area contributed by atoms with Crippen molar-refractivity contribution in [2.75, 3.05) is 17.2 Å². The number of carbonyl (C=O) groups is 1. The van der Waals surface area contributed by atoms with E-state index in [-0.39, 0.29) is 29.3 Å². The van der Waals surface area contributed by atoms with Gasteiger partial charge in [0, 0.05) is 12.5 Å². The van der Waals surface area contributed by atoms with Gasteiger partial charge in [-0.05, 0) is 24.6 Å². The van der Waals surface area contributed by atoms with Gasteiger partial charge in [-0.25, -0.2) is 15.0 Å². The maximum Gasteiger partial charge on any atom is 0.253 e. The summed E-state index contributed by atoms with van der Waals surface area (Å²) in [5, 5.41) is 6.45. The van der Waals surface area contributed by atoms with Crippen LogP contribution in [-0.4, -0.2) is 32.3 Å². The molecule has 4 rings (SSSR count). The van der Waals surface area contributed by atoms with Gasteiger partial charge in [-0.15, -0.1) is 0 Å². The minimum atomic E-state index is -0.291. The Morgan fingerprint density at radius 1 is 1.21 bits per heavy atom. The lowest BCUT2D eigenvalue weighted by Gasteiger charge is -2.19.